The Balaban J connectivity index is 2.17. The lowest BCUT2D eigenvalue weighted by Crippen LogP contribution is -2.32. The molecule has 0 aromatic heterocycles. The van der Waals surface area contributed by atoms with E-state index in [-0.39, 0.29) is 22.6 Å². The van der Waals surface area contributed by atoms with Crippen LogP contribution in [0.1, 0.15) is 44.0 Å². The van der Waals surface area contributed by atoms with E-state index in [1.54, 1.807) is 43.3 Å². The summed E-state index contributed by atoms with van der Waals surface area (Å²) in [6.07, 6.45) is 1.89. The minimum absolute atomic E-state index is 0.0407. The van der Waals surface area contributed by atoms with Crippen molar-refractivity contribution in [1.82, 2.24) is 5.32 Å². The number of halogens is 1. The minimum Gasteiger partial charge on any atom is -0.492 e. The highest BCUT2D eigenvalue weighted by atomic mass is 79.9. The SMILES string of the molecule is CCCC(C)NC(=O)c1ccc(NS(=O)(=O)c2cc(Br)ccc2OCC)cc1. The predicted molar refractivity (Wildman–Crippen MR) is 114 cm³/mol. The van der Waals surface area contributed by atoms with Gasteiger partial charge >= 0.3 is 0 Å². The molecular weight excluding hydrogens is 444 g/mol. The molecule has 0 fully saturated rings. The lowest BCUT2D eigenvalue weighted by Gasteiger charge is -2.14. The van der Waals surface area contributed by atoms with Crippen molar-refractivity contribution < 1.29 is 17.9 Å². The highest BCUT2D eigenvalue weighted by molar-refractivity contribution is 9.10. The molecule has 28 heavy (non-hydrogen) atoms. The standard InChI is InChI=1S/C20H25BrN2O4S/c1-4-6-14(3)22-20(24)15-7-10-17(11-8-15)23-28(25,26)19-13-16(21)9-12-18(19)27-5-2/h7-14,23H,4-6H2,1-3H3,(H,22,24). The Morgan fingerprint density at radius 1 is 1.14 bits per heavy atom. The first-order chi connectivity index (χ1) is 13.3. The number of anilines is 1. The van der Waals surface area contributed by atoms with Gasteiger partial charge in [0.2, 0.25) is 0 Å². The van der Waals surface area contributed by atoms with Crippen LogP contribution in [0.25, 0.3) is 0 Å². The van der Waals surface area contributed by atoms with Gasteiger partial charge in [0.25, 0.3) is 15.9 Å². The van der Waals surface area contributed by atoms with E-state index in [0.29, 0.717) is 22.3 Å². The van der Waals surface area contributed by atoms with E-state index in [2.05, 4.69) is 32.9 Å². The summed E-state index contributed by atoms with van der Waals surface area (Å²) < 4.78 is 34.2. The van der Waals surface area contributed by atoms with E-state index in [1.165, 1.54) is 6.07 Å². The van der Waals surface area contributed by atoms with Crippen LogP contribution in [-0.4, -0.2) is 27.0 Å². The van der Waals surface area contributed by atoms with Gasteiger partial charge in [0.1, 0.15) is 10.6 Å². The van der Waals surface area contributed by atoms with Gasteiger partial charge in [-0.3, -0.25) is 9.52 Å². The molecule has 0 radical (unpaired) electrons. The maximum atomic E-state index is 12.8. The molecule has 0 heterocycles. The summed E-state index contributed by atoms with van der Waals surface area (Å²) in [5, 5.41) is 2.92. The maximum absolute atomic E-state index is 12.8. The molecule has 6 nitrogen and oxygen atoms in total. The predicted octanol–water partition coefficient (Wildman–Crippen LogP) is 4.57. The second-order valence-electron chi connectivity index (χ2n) is 6.37. The van der Waals surface area contributed by atoms with E-state index >= 15 is 0 Å². The number of ether oxygens (including phenoxy) is 1. The third-order valence-corrected chi connectivity index (χ3v) is 5.89. The van der Waals surface area contributed by atoms with E-state index in [0.717, 1.165) is 12.8 Å². The Bertz CT molecular complexity index is 914. The summed E-state index contributed by atoms with van der Waals surface area (Å²) in [7, 11) is -3.85. The molecule has 0 saturated carbocycles. The first kappa shape index (κ1) is 22.2. The van der Waals surface area contributed by atoms with Crippen LogP contribution in [0, 0.1) is 0 Å². The van der Waals surface area contributed by atoms with Gasteiger partial charge in [-0.05, 0) is 62.7 Å². The number of nitrogens with one attached hydrogen (secondary N) is 2. The molecule has 2 aromatic carbocycles. The van der Waals surface area contributed by atoms with Gasteiger partial charge in [0.05, 0.1) is 6.61 Å². The first-order valence-corrected chi connectivity index (χ1v) is 11.4. The topological polar surface area (TPSA) is 84.5 Å². The molecule has 2 aromatic rings. The number of benzene rings is 2. The zero-order chi connectivity index (χ0) is 20.7. The molecule has 0 aliphatic carbocycles. The third-order valence-electron chi connectivity index (χ3n) is 3.99. The highest BCUT2D eigenvalue weighted by Crippen LogP contribution is 2.29. The van der Waals surface area contributed by atoms with Gasteiger partial charge in [0, 0.05) is 21.8 Å². The maximum Gasteiger partial charge on any atom is 0.265 e. The summed E-state index contributed by atoms with van der Waals surface area (Å²) in [6.45, 7) is 6.16. The van der Waals surface area contributed by atoms with Crippen LogP contribution in [0.4, 0.5) is 5.69 Å². The zero-order valence-electron chi connectivity index (χ0n) is 16.2. The second kappa shape index (κ2) is 9.93. The minimum atomic E-state index is -3.85. The fourth-order valence-corrected chi connectivity index (χ4v) is 4.42. The molecule has 152 valence electrons. The Kier molecular flexibility index (Phi) is 7.88. The molecule has 1 atom stereocenters. The van der Waals surface area contributed by atoms with Gasteiger partial charge in [-0.15, -0.1) is 0 Å². The Hall–Kier alpha value is -2.06. The van der Waals surface area contributed by atoms with Crippen LogP contribution in [0.5, 0.6) is 5.75 Å². The van der Waals surface area contributed by atoms with Gasteiger partial charge in [-0.25, -0.2) is 8.42 Å². The smallest absolute Gasteiger partial charge is 0.265 e. The van der Waals surface area contributed by atoms with Crippen molar-refractivity contribution in [3.8, 4) is 5.75 Å². The Labute approximate surface area is 174 Å². The van der Waals surface area contributed by atoms with Crippen molar-refractivity contribution in [2.45, 2.75) is 44.6 Å². The van der Waals surface area contributed by atoms with Crippen molar-refractivity contribution in [2.75, 3.05) is 11.3 Å². The van der Waals surface area contributed by atoms with Crippen molar-refractivity contribution in [2.24, 2.45) is 0 Å². The molecule has 0 saturated heterocycles. The molecular formula is C20H25BrN2O4S. The molecule has 1 amide bonds. The summed E-state index contributed by atoms with van der Waals surface area (Å²) in [5.74, 6) is 0.0973. The van der Waals surface area contributed by atoms with Crippen LogP contribution in [0.15, 0.2) is 51.8 Å². The summed E-state index contributed by atoms with van der Waals surface area (Å²) in [4.78, 5) is 12.3. The zero-order valence-corrected chi connectivity index (χ0v) is 18.6. The fourth-order valence-electron chi connectivity index (χ4n) is 2.68. The number of amides is 1. The van der Waals surface area contributed by atoms with E-state index in [1.807, 2.05) is 6.92 Å². The van der Waals surface area contributed by atoms with Crippen molar-refractivity contribution in [3.63, 3.8) is 0 Å². The highest BCUT2D eigenvalue weighted by Gasteiger charge is 2.20. The van der Waals surface area contributed by atoms with Gasteiger partial charge < -0.3 is 10.1 Å². The van der Waals surface area contributed by atoms with Crippen LogP contribution in [-0.2, 0) is 10.0 Å². The molecule has 1 unspecified atom stereocenters. The van der Waals surface area contributed by atoms with E-state index in [9.17, 15) is 13.2 Å². The van der Waals surface area contributed by atoms with Crippen molar-refractivity contribution in [3.05, 3.63) is 52.5 Å². The van der Waals surface area contributed by atoms with Gasteiger partial charge in [0.15, 0.2) is 0 Å². The fraction of sp³-hybridized carbons (Fsp3) is 0.350. The summed E-state index contributed by atoms with van der Waals surface area (Å²) in [6, 6.07) is 11.2. The number of carbonyl (C=O) groups excluding carboxylic acids is 1. The van der Waals surface area contributed by atoms with E-state index in [4.69, 9.17) is 4.74 Å². The third kappa shape index (κ3) is 5.97. The largest absolute Gasteiger partial charge is 0.492 e. The van der Waals surface area contributed by atoms with Crippen LogP contribution in [0.3, 0.4) is 0 Å². The number of carbonyl (C=O) groups is 1. The average molecular weight is 469 g/mol. The van der Waals surface area contributed by atoms with Gasteiger partial charge in [-0.1, -0.05) is 29.3 Å². The number of hydrogen-bond acceptors (Lipinski definition) is 4. The van der Waals surface area contributed by atoms with Crippen LogP contribution in [0.2, 0.25) is 0 Å². The normalized spacial score (nSPS) is 12.3. The van der Waals surface area contributed by atoms with Crippen molar-refractivity contribution in [1.29, 1.82) is 0 Å². The molecule has 0 bridgehead atoms. The van der Waals surface area contributed by atoms with Gasteiger partial charge in [-0.2, -0.15) is 0 Å². The quantitative estimate of drug-likeness (QED) is 0.564. The lowest BCUT2D eigenvalue weighted by molar-refractivity contribution is 0.0938. The number of rotatable bonds is 9. The number of hydrogen-bond donors (Lipinski definition) is 2. The summed E-state index contributed by atoms with van der Waals surface area (Å²) >= 11 is 3.29. The molecule has 2 rings (SSSR count). The van der Waals surface area contributed by atoms with Crippen LogP contribution >= 0.6 is 15.9 Å². The molecule has 2 N–H and O–H groups in total. The average Bonchev–Trinajstić information content (AvgIpc) is 2.63. The molecule has 0 spiro atoms. The monoisotopic (exact) mass is 468 g/mol. The van der Waals surface area contributed by atoms with Crippen molar-refractivity contribution >= 4 is 37.5 Å². The molecule has 8 heteroatoms. The first-order valence-electron chi connectivity index (χ1n) is 9.13. The number of sulfonamides is 1. The summed E-state index contributed by atoms with van der Waals surface area (Å²) in [5.41, 5.74) is 0.837. The Morgan fingerprint density at radius 3 is 2.43 bits per heavy atom. The van der Waals surface area contributed by atoms with Crippen LogP contribution < -0.4 is 14.8 Å². The Morgan fingerprint density at radius 2 is 1.82 bits per heavy atom. The molecule has 0 aliphatic rings. The second-order valence-corrected chi connectivity index (χ2v) is 8.94. The lowest BCUT2D eigenvalue weighted by atomic mass is 10.1. The molecule has 0 aliphatic heterocycles. The van der Waals surface area contributed by atoms with E-state index < -0.39 is 10.0 Å².